The fourth-order valence-electron chi connectivity index (χ4n) is 1.65. The van der Waals surface area contributed by atoms with Crippen LogP contribution < -0.4 is 10.6 Å². The molecule has 15 heavy (non-hydrogen) atoms. The van der Waals surface area contributed by atoms with Gasteiger partial charge in [0.1, 0.15) is 0 Å². The smallest absolute Gasteiger partial charge is 0.229 e. The normalized spacial score (nSPS) is 17.7. The molecule has 1 fully saturated rings. The van der Waals surface area contributed by atoms with Crippen LogP contribution in [0.5, 0.6) is 0 Å². The lowest BCUT2D eigenvalue weighted by Crippen LogP contribution is -2.44. The summed E-state index contributed by atoms with van der Waals surface area (Å²) in [6, 6.07) is 0. The number of hydrogen-bond acceptors (Lipinski definition) is 4. The minimum absolute atomic E-state index is 0.155. The molecule has 0 aromatic rings. The van der Waals surface area contributed by atoms with E-state index < -0.39 is 0 Å². The summed E-state index contributed by atoms with van der Waals surface area (Å²) in [4.78, 5) is 13.6. The molecule has 0 aromatic heterocycles. The van der Waals surface area contributed by atoms with Gasteiger partial charge in [0.05, 0.1) is 5.75 Å². The SMILES string of the molecule is CSCC(=O)NCCCN1CCNCC1. The Balaban J connectivity index is 1.93. The van der Waals surface area contributed by atoms with Crippen LogP contribution in [0.4, 0.5) is 0 Å². The predicted molar refractivity (Wildman–Crippen MR) is 65.3 cm³/mol. The average Bonchev–Trinajstić information content (AvgIpc) is 2.26. The van der Waals surface area contributed by atoms with Crippen molar-refractivity contribution in [2.24, 2.45) is 0 Å². The summed E-state index contributed by atoms with van der Waals surface area (Å²) in [5.41, 5.74) is 0. The lowest BCUT2D eigenvalue weighted by molar-refractivity contribution is -0.118. The molecule has 0 aliphatic carbocycles. The van der Waals surface area contributed by atoms with Crippen LogP contribution in [-0.2, 0) is 4.79 Å². The third-order valence-electron chi connectivity index (χ3n) is 2.46. The monoisotopic (exact) mass is 231 g/mol. The Labute approximate surface area is 96.2 Å². The number of carbonyl (C=O) groups excluding carboxylic acids is 1. The van der Waals surface area contributed by atoms with Crippen molar-refractivity contribution >= 4 is 17.7 Å². The van der Waals surface area contributed by atoms with E-state index in [9.17, 15) is 4.79 Å². The van der Waals surface area contributed by atoms with Gasteiger partial charge in [0.2, 0.25) is 5.91 Å². The first-order valence-corrected chi connectivity index (χ1v) is 6.91. The molecule has 0 bridgehead atoms. The van der Waals surface area contributed by atoms with Crippen LogP contribution in [0, 0.1) is 0 Å². The van der Waals surface area contributed by atoms with Gasteiger partial charge in [0, 0.05) is 32.7 Å². The number of nitrogens with zero attached hydrogens (tertiary/aromatic N) is 1. The number of carbonyl (C=O) groups is 1. The molecule has 0 radical (unpaired) electrons. The Morgan fingerprint density at radius 1 is 1.47 bits per heavy atom. The molecule has 5 heteroatoms. The molecule has 0 atom stereocenters. The first-order valence-electron chi connectivity index (χ1n) is 5.51. The number of nitrogens with one attached hydrogen (secondary N) is 2. The fourth-order valence-corrected chi connectivity index (χ4v) is 2.01. The highest BCUT2D eigenvalue weighted by Crippen LogP contribution is 1.94. The van der Waals surface area contributed by atoms with Crippen molar-refractivity contribution in [2.45, 2.75) is 6.42 Å². The number of hydrogen-bond donors (Lipinski definition) is 2. The van der Waals surface area contributed by atoms with Gasteiger partial charge in [0.25, 0.3) is 0 Å². The number of amides is 1. The fraction of sp³-hybridized carbons (Fsp3) is 0.900. The lowest BCUT2D eigenvalue weighted by atomic mass is 10.3. The average molecular weight is 231 g/mol. The molecule has 1 heterocycles. The van der Waals surface area contributed by atoms with Gasteiger partial charge >= 0.3 is 0 Å². The molecule has 88 valence electrons. The number of thioether (sulfide) groups is 1. The molecule has 2 N–H and O–H groups in total. The van der Waals surface area contributed by atoms with E-state index in [0.29, 0.717) is 5.75 Å². The maximum absolute atomic E-state index is 11.1. The molecule has 1 amide bonds. The second-order valence-corrected chi connectivity index (χ2v) is 4.59. The second kappa shape index (κ2) is 7.96. The quantitative estimate of drug-likeness (QED) is 0.619. The van der Waals surface area contributed by atoms with Crippen LogP contribution in [0.15, 0.2) is 0 Å². The van der Waals surface area contributed by atoms with Gasteiger partial charge in [-0.3, -0.25) is 4.79 Å². The Kier molecular flexibility index (Phi) is 6.80. The zero-order valence-electron chi connectivity index (χ0n) is 9.42. The van der Waals surface area contributed by atoms with E-state index in [1.807, 2.05) is 6.26 Å². The van der Waals surface area contributed by atoms with Crippen molar-refractivity contribution in [2.75, 3.05) is 51.3 Å². The van der Waals surface area contributed by atoms with E-state index in [1.165, 1.54) is 0 Å². The van der Waals surface area contributed by atoms with E-state index in [-0.39, 0.29) is 5.91 Å². The Hall–Kier alpha value is -0.260. The second-order valence-electron chi connectivity index (χ2n) is 3.73. The van der Waals surface area contributed by atoms with Gasteiger partial charge < -0.3 is 15.5 Å². The van der Waals surface area contributed by atoms with Gasteiger partial charge in [0.15, 0.2) is 0 Å². The van der Waals surface area contributed by atoms with Crippen molar-refractivity contribution < 1.29 is 4.79 Å². The molecule has 1 saturated heterocycles. The lowest BCUT2D eigenvalue weighted by Gasteiger charge is -2.27. The van der Waals surface area contributed by atoms with Gasteiger partial charge in [-0.15, -0.1) is 0 Å². The Morgan fingerprint density at radius 2 is 2.20 bits per heavy atom. The third kappa shape index (κ3) is 6.02. The first kappa shape index (κ1) is 12.8. The zero-order chi connectivity index (χ0) is 10.9. The molecular formula is C10H21N3OS. The zero-order valence-corrected chi connectivity index (χ0v) is 10.2. The maximum Gasteiger partial charge on any atom is 0.229 e. The van der Waals surface area contributed by atoms with Gasteiger partial charge in [-0.05, 0) is 19.2 Å². The molecule has 1 aliphatic rings. The molecule has 4 nitrogen and oxygen atoms in total. The van der Waals surface area contributed by atoms with Gasteiger partial charge in [-0.2, -0.15) is 11.8 Å². The maximum atomic E-state index is 11.1. The van der Waals surface area contributed by atoms with Crippen LogP contribution >= 0.6 is 11.8 Å². The standard InChI is InChI=1S/C10H21N3OS/c1-15-9-10(14)12-3-2-6-13-7-4-11-5-8-13/h11H,2-9H2,1H3,(H,12,14). The Morgan fingerprint density at radius 3 is 2.87 bits per heavy atom. The van der Waals surface area contributed by atoms with Gasteiger partial charge in [-0.25, -0.2) is 0 Å². The van der Waals surface area contributed by atoms with Crippen LogP contribution in [0.1, 0.15) is 6.42 Å². The molecule has 0 saturated carbocycles. The molecule has 1 aliphatic heterocycles. The number of piperazine rings is 1. The van der Waals surface area contributed by atoms with E-state index >= 15 is 0 Å². The molecular weight excluding hydrogens is 210 g/mol. The highest BCUT2D eigenvalue weighted by Gasteiger charge is 2.08. The summed E-state index contributed by atoms with van der Waals surface area (Å²) in [6.45, 7) is 6.37. The first-order chi connectivity index (χ1) is 7.33. The van der Waals surface area contributed by atoms with E-state index in [2.05, 4.69) is 15.5 Å². The third-order valence-corrected chi connectivity index (χ3v) is 3.01. The van der Waals surface area contributed by atoms with E-state index in [4.69, 9.17) is 0 Å². The van der Waals surface area contributed by atoms with Gasteiger partial charge in [-0.1, -0.05) is 0 Å². The van der Waals surface area contributed by atoms with Crippen molar-refractivity contribution in [1.82, 2.24) is 15.5 Å². The molecule has 0 spiro atoms. The molecule has 0 unspecified atom stereocenters. The van der Waals surface area contributed by atoms with Crippen molar-refractivity contribution in [3.05, 3.63) is 0 Å². The van der Waals surface area contributed by atoms with Crippen molar-refractivity contribution in [3.63, 3.8) is 0 Å². The minimum Gasteiger partial charge on any atom is -0.355 e. The summed E-state index contributed by atoms with van der Waals surface area (Å²) in [5, 5.41) is 6.25. The van der Waals surface area contributed by atoms with Crippen LogP contribution in [0.25, 0.3) is 0 Å². The van der Waals surface area contributed by atoms with Crippen LogP contribution in [-0.4, -0.2) is 62.1 Å². The minimum atomic E-state index is 0.155. The topological polar surface area (TPSA) is 44.4 Å². The summed E-state index contributed by atoms with van der Waals surface area (Å²) < 4.78 is 0. The van der Waals surface area contributed by atoms with E-state index in [1.54, 1.807) is 11.8 Å². The summed E-state index contributed by atoms with van der Waals surface area (Å²) in [5.74, 6) is 0.732. The van der Waals surface area contributed by atoms with E-state index in [0.717, 1.165) is 45.7 Å². The molecule has 1 rings (SSSR count). The Bertz CT molecular complexity index is 184. The van der Waals surface area contributed by atoms with Crippen LogP contribution in [0.2, 0.25) is 0 Å². The summed E-state index contributed by atoms with van der Waals surface area (Å²) in [6.07, 6.45) is 3.00. The van der Waals surface area contributed by atoms with Crippen LogP contribution in [0.3, 0.4) is 0 Å². The predicted octanol–water partition coefficient (Wildman–Crippen LogP) is -0.239. The largest absolute Gasteiger partial charge is 0.355 e. The highest BCUT2D eigenvalue weighted by atomic mass is 32.2. The number of rotatable bonds is 6. The highest BCUT2D eigenvalue weighted by molar-refractivity contribution is 7.99. The summed E-state index contributed by atoms with van der Waals surface area (Å²) >= 11 is 1.57. The van der Waals surface area contributed by atoms with Crippen molar-refractivity contribution in [1.29, 1.82) is 0 Å². The van der Waals surface area contributed by atoms with Crippen molar-refractivity contribution in [3.8, 4) is 0 Å². The molecule has 0 aromatic carbocycles. The summed E-state index contributed by atoms with van der Waals surface area (Å²) in [7, 11) is 0.